The summed E-state index contributed by atoms with van der Waals surface area (Å²) in [6, 6.07) is 2.29. The normalized spacial score (nSPS) is 14.2. The summed E-state index contributed by atoms with van der Waals surface area (Å²) in [5, 5.41) is 12.0. The Morgan fingerprint density at radius 2 is 2.35 bits per heavy atom. The first-order valence-corrected chi connectivity index (χ1v) is 7.45. The zero-order chi connectivity index (χ0) is 12.7. The minimum absolute atomic E-state index is 0.406. The maximum atomic E-state index is 9.00. The fraction of sp³-hybridized carbons (Fsp3) is 0.727. The molecule has 1 aromatic rings. The van der Waals surface area contributed by atoms with E-state index in [1.54, 1.807) is 11.8 Å². The smallest absolute Gasteiger partial charge is 0.170 e. The highest BCUT2D eigenvalue weighted by Gasteiger charge is 2.20. The molecule has 0 aliphatic rings. The second kappa shape index (κ2) is 6.94. The number of hydrogen-bond acceptors (Lipinski definition) is 6. The average Bonchev–Trinajstić information content (AvgIpc) is 2.82. The first-order chi connectivity index (χ1) is 8.13. The van der Waals surface area contributed by atoms with Gasteiger partial charge in [0.15, 0.2) is 4.34 Å². The van der Waals surface area contributed by atoms with E-state index < -0.39 is 5.54 Å². The highest BCUT2D eigenvalue weighted by Crippen LogP contribution is 2.22. The number of nitriles is 1. The van der Waals surface area contributed by atoms with E-state index in [0.29, 0.717) is 0 Å². The Morgan fingerprint density at radius 3 is 2.88 bits per heavy atom. The summed E-state index contributed by atoms with van der Waals surface area (Å²) >= 11 is 3.19. The Bertz CT molecular complexity index is 385. The molecule has 1 unspecified atom stereocenters. The van der Waals surface area contributed by atoms with E-state index in [4.69, 9.17) is 5.26 Å². The van der Waals surface area contributed by atoms with Gasteiger partial charge in [0, 0.05) is 12.2 Å². The van der Waals surface area contributed by atoms with Gasteiger partial charge in [-0.15, -0.1) is 0 Å². The van der Waals surface area contributed by atoms with Crippen LogP contribution in [0.2, 0.25) is 0 Å². The average molecular weight is 270 g/mol. The zero-order valence-electron chi connectivity index (χ0n) is 10.5. The molecule has 0 bridgehead atoms. The summed E-state index contributed by atoms with van der Waals surface area (Å²) in [5.74, 6) is 1.91. The van der Waals surface area contributed by atoms with Gasteiger partial charge in [-0.05, 0) is 38.3 Å². The first kappa shape index (κ1) is 14.4. The van der Waals surface area contributed by atoms with Crippen molar-refractivity contribution in [1.82, 2.24) is 14.7 Å². The monoisotopic (exact) mass is 270 g/mol. The van der Waals surface area contributed by atoms with Crippen molar-refractivity contribution in [2.45, 2.75) is 43.0 Å². The fourth-order valence-electron chi connectivity index (χ4n) is 1.26. The SMILES string of the molecule is CCc1nsc(SCCCC(C)(C#N)NC)n1. The van der Waals surface area contributed by atoms with Crippen LogP contribution in [0, 0.1) is 11.3 Å². The standard InChI is InChI=1S/C11H18N4S2/c1-4-9-14-10(17-15-9)16-7-5-6-11(2,8-12)13-3/h13H,4-7H2,1-3H3. The van der Waals surface area contributed by atoms with Crippen LogP contribution in [0.4, 0.5) is 0 Å². The highest BCUT2D eigenvalue weighted by atomic mass is 32.2. The van der Waals surface area contributed by atoms with Crippen LogP contribution in [-0.4, -0.2) is 27.7 Å². The predicted molar refractivity (Wildman–Crippen MR) is 72.3 cm³/mol. The lowest BCUT2D eigenvalue weighted by atomic mass is 9.99. The predicted octanol–water partition coefficient (Wildman–Crippen LogP) is 2.47. The number of nitrogens with one attached hydrogen (secondary N) is 1. The van der Waals surface area contributed by atoms with E-state index in [0.717, 1.165) is 35.2 Å². The van der Waals surface area contributed by atoms with Crippen molar-refractivity contribution in [2.75, 3.05) is 12.8 Å². The Balaban J connectivity index is 2.27. The van der Waals surface area contributed by atoms with Gasteiger partial charge in [-0.25, -0.2) is 4.98 Å². The summed E-state index contributed by atoms with van der Waals surface area (Å²) in [7, 11) is 1.83. The van der Waals surface area contributed by atoms with Gasteiger partial charge in [-0.2, -0.15) is 9.64 Å². The van der Waals surface area contributed by atoms with E-state index >= 15 is 0 Å². The lowest BCUT2D eigenvalue weighted by Gasteiger charge is -2.19. The van der Waals surface area contributed by atoms with Crippen LogP contribution in [0.5, 0.6) is 0 Å². The summed E-state index contributed by atoms with van der Waals surface area (Å²) < 4.78 is 5.27. The molecule has 1 atom stereocenters. The van der Waals surface area contributed by atoms with Gasteiger partial charge in [0.1, 0.15) is 11.4 Å². The second-order valence-corrected chi connectivity index (χ2v) is 6.07. The fourth-order valence-corrected chi connectivity index (χ4v) is 2.97. The van der Waals surface area contributed by atoms with Gasteiger partial charge in [-0.3, -0.25) is 0 Å². The van der Waals surface area contributed by atoms with E-state index in [1.807, 2.05) is 14.0 Å². The van der Waals surface area contributed by atoms with Gasteiger partial charge in [0.05, 0.1) is 6.07 Å². The first-order valence-electron chi connectivity index (χ1n) is 5.69. The van der Waals surface area contributed by atoms with Gasteiger partial charge in [-0.1, -0.05) is 18.7 Å². The maximum Gasteiger partial charge on any atom is 0.170 e. The summed E-state index contributed by atoms with van der Waals surface area (Å²) in [6.07, 6.45) is 2.74. The third kappa shape index (κ3) is 4.62. The van der Waals surface area contributed by atoms with Crippen molar-refractivity contribution in [3.63, 3.8) is 0 Å². The lowest BCUT2D eigenvalue weighted by Crippen LogP contribution is -2.37. The van der Waals surface area contributed by atoms with Crippen LogP contribution in [-0.2, 0) is 6.42 Å². The Labute approximate surface area is 111 Å². The molecule has 0 radical (unpaired) electrons. The minimum Gasteiger partial charge on any atom is -0.303 e. The lowest BCUT2D eigenvalue weighted by molar-refractivity contribution is 0.451. The quantitative estimate of drug-likeness (QED) is 0.609. The topological polar surface area (TPSA) is 61.6 Å². The molecule has 6 heteroatoms. The van der Waals surface area contributed by atoms with Gasteiger partial charge in [0.2, 0.25) is 0 Å². The number of thioether (sulfide) groups is 1. The van der Waals surface area contributed by atoms with Gasteiger partial charge < -0.3 is 5.32 Å². The van der Waals surface area contributed by atoms with Crippen LogP contribution < -0.4 is 5.32 Å². The number of nitrogens with zero attached hydrogens (tertiary/aromatic N) is 3. The van der Waals surface area contributed by atoms with Crippen molar-refractivity contribution >= 4 is 23.3 Å². The molecule has 94 valence electrons. The molecule has 1 rings (SSSR count). The third-order valence-corrected chi connectivity index (χ3v) is 4.57. The molecule has 17 heavy (non-hydrogen) atoms. The van der Waals surface area contributed by atoms with Crippen LogP contribution in [0.1, 0.15) is 32.5 Å². The van der Waals surface area contributed by atoms with Crippen LogP contribution in [0.3, 0.4) is 0 Å². The van der Waals surface area contributed by atoms with Crippen molar-refractivity contribution in [3.8, 4) is 6.07 Å². The van der Waals surface area contributed by atoms with Crippen molar-refractivity contribution in [1.29, 1.82) is 5.26 Å². The third-order valence-electron chi connectivity index (χ3n) is 2.61. The molecule has 0 fully saturated rings. The Kier molecular flexibility index (Phi) is 5.89. The summed E-state index contributed by atoms with van der Waals surface area (Å²) in [4.78, 5) is 4.39. The number of aryl methyl sites for hydroxylation is 1. The van der Waals surface area contributed by atoms with Crippen molar-refractivity contribution in [2.24, 2.45) is 0 Å². The molecule has 0 amide bonds. The summed E-state index contributed by atoms with van der Waals surface area (Å²) in [5.41, 5.74) is -0.406. The van der Waals surface area contributed by atoms with Crippen molar-refractivity contribution < 1.29 is 0 Å². The molecule has 4 nitrogen and oxygen atoms in total. The molecule has 0 spiro atoms. The molecule has 1 N–H and O–H groups in total. The van der Waals surface area contributed by atoms with Crippen molar-refractivity contribution in [3.05, 3.63) is 5.82 Å². The Hall–Kier alpha value is -0.640. The minimum atomic E-state index is -0.406. The van der Waals surface area contributed by atoms with Crippen LogP contribution in [0.15, 0.2) is 4.34 Å². The van der Waals surface area contributed by atoms with E-state index in [9.17, 15) is 0 Å². The molecule has 1 aromatic heterocycles. The molecular weight excluding hydrogens is 252 g/mol. The molecule has 0 saturated carbocycles. The van der Waals surface area contributed by atoms with E-state index in [1.165, 1.54) is 11.5 Å². The number of aromatic nitrogens is 2. The molecule has 0 aliphatic heterocycles. The van der Waals surface area contributed by atoms with Crippen LogP contribution >= 0.6 is 23.3 Å². The molecule has 0 aliphatic carbocycles. The highest BCUT2D eigenvalue weighted by molar-refractivity contribution is 8.00. The molecular formula is C11H18N4S2. The second-order valence-electron chi connectivity index (χ2n) is 3.98. The van der Waals surface area contributed by atoms with Gasteiger partial charge >= 0.3 is 0 Å². The van der Waals surface area contributed by atoms with Gasteiger partial charge in [0.25, 0.3) is 0 Å². The van der Waals surface area contributed by atoms with E-state index in [-0.39, 0.29) is 0 Å². The van der Waals surface area contributed by atoms with Crippen LogP contribution in [0.25, 0.3) is 0 Å². The summed E-state index contributed by atoms with van der Waals surface area (Å²) in [6.45, 7) is 3.99. The zero-order valence-corrected chi connectivity index (χ0v) is 12.1. The Morgan fingerprint density at radius 1 is 1.59 bits per heavy atom. The van der Waals surface area contributed by atoms with E-state index in [2.05, 4.69) is 27.7 Å². The maximum absolute atomic E-state index is 9.00. The number of hydrogen-bond donors (Lipinski definition) is 1. The molecule has 0 aromatic carbocycles. The number of rotatable bonds is 7. The molecule has 0 saturated heterocycles. The molecule has 1 heterocycles. The largest absolute Gasteiger partial charge is 0.303 e.